The maximum absolute atomic E-state index is 3.51. The van der Waals surface area contributed by atoms with Crippen LogP contribution in [0.5, 0.6) is 0 Å². The van der Waals surface area contributed by atoms with Crippen molar-refractivity contribution < 1.29 is 0 Å². The molecule has 0 saturated heterocycles. The highest BCUT2D eigenvalue weighted by atomic mass is 15.0. The standard InChI is InChI=1S/C13H16N2/c1-2-6-12-11(5-1)13(10-15-12)7-3-4-8-14-9-13/h1-6,14-15H,7-10H2. The van der Waals surface area contributed by atoms with Crippen molar-refractivity contribution in [3.63, 3.8) is 0 Å². The summed E-state index contributed by atoms with van der Waals surface area (Å²) < 4.78 is 0. The van der Waals surface area contributed by atoms with Crippen LogP contribution in [-0.4, -0.2) is 19.6 Å². The van der Waals surface area contributed by atoms with Crippen LogP contribution in [0.2, 0.25) is 0 Å². The van der Waals surface area contributed by atoms with Crippen LogP contribution in [0.1, 0.15) is 12.0 Å². The fourth-order valence-electron chi connectivity index (χ4n) is 2.66. The maximum Gasteiger partial charge on any atom is 0.0380 e. The van der Waals surface area contributed by atoms with Crippen LogP contribution in [0, 0.1) is 0 Å². The number of para-hydroxylation sites is 1. The predicted octanol–water partition coefficient (Wildman–Crippen LogP) is 1.90. The molecule has 0 saturated carbocycles. The number of allylic oxidation sites excluding steroid dienone is 1. The Kier molecular flexibility index (Phi) is 2.03. The fourth-order valence-corrected chi connectivity index (χ4v) is 2.66. The highest BCUT2D eigenvalue weighted by Gasteiger charge is 2.37. The Bertz CT molecular complexity index is 397. The van der Waals surface area contributed by atoms with E-state index in [2.05, 4.69) is 47.1 Å². The van der Waals surface area contributed by atoms with Crippen LogP contribution < -0.4 is 10.6 Å². The molecule has 15 heavy (non-hydrogen) atoms. The average molecular weight is 200 g/mol. The molecular weight excluding hydrogens is 184 g/mol. The van der Waals surface area contributed by atoms with Gasteiger partial charge in [-0.2, -0.15) is 0 Å². The van der Waals surface area contributed by atoms with Gasteiger partial charge in [0.25, 0.3) is 0 Å². The molecule has 2 nitrogen and oxygen atoms in total. The van der Waals surface area contributed by atoms with Gasteiger partial charge in [-0.15, -0.1) is 0 Å². The lowest BCUT2D eigenvalue weighted by molar-refractivity contribution is 0.454. The van der Waals surface area contributed by atoms with E-state index in [1.807, 2.05) is 0 Å². The molecule has 0 aliphatic carbocycles. The minimum atomic E-state index is 0.281. The molecular formula is C13H16N2. The van der Waals surface area contributed by atoms with E-state index in [0.717, 1.165) is 26.1 Å². The summed E-state index contributed by atoms with van der Waals surface area (Å²) in [5, 5.41) is 7.01. The molecule has 0 aromatic heterocycles. The number of hydrogen-bond donors (Lipinski definition) is 2. The first-order valence-electron chi connectivity index (χ1n) is 5.60. The second kappa shape index (κ2) is 3.38. The minimum Gasteiger partial charge on any atom is -0.384 e. The van der Waals surface area contributed by atoms with Crippen molar-refractivity contribution in [2.45, 2.75) is 11.8 Å². The van der Waals surface area contributed by atoms with Gasteiger partial charge in [0, 0.05) is 30.7 Å². The Morgan fingerprint density at radius 3 is 3.00 bits per heavy atom. The largest absolute Gasteiger partial charge is 0.384 e. The molecule has 78 valence electrons. The van der Waals surface area contributed by atoms with E-state index in [9.17, 15) is 0 Å². The number of hydrogen-bond acceptors (Lipinski definition) is 2. The molecule has 0 fully saturated rings. The lowest BCUT2D eigenvalue weighted by Crippen LogP contribution is -2.38. The number of nitrogens with one attached hydrogen (secondary N) is 2. The fraction of sp³-hybridized carbons (Fsp3) is 0.385. The summed E-state index contributed by atoms with van der Waals surface area (Å²) in [7, 11) is 0. The van der Waals surface area contributed by atoms with Gasteiger partial charge in [-0.05, 0) is 18.1 Å². The van der Waals surface area contributed by atoms with E-state index in [1.165, 1.54) is 11.3 Å². The van der Waals surface area contributed by atoms with Crippen LogP contribution in [0.3, 0.4) is 0 Å². The van der Waals surface area contributed by atoms with Crippen molar-refractivity contribution in [1.29, 1.82) is 0 Å². The number of fused-ring (bicyclic) bond motifs is 2. The molecule has 2 heterocycles. The summed E-state index contributed by atoms with van der Waals surface area (Å²) in [6.07, 6.45) is 5.68. The zero-order valence-corrected chi connectivity index (χ0v) is 8.79. The summed E-state index contributed by atoms with van der Waals surface area (Å²) in [6.45, 7) is 3.14. The Morgan fingerprint density at radius 1 is 1.07 bits per heavy atom. The predicted molar refractivity (Wildman–Crippen MR) is 63.2 cm³/mol. The van der Waals surface area contributed by atoms with Crippen molar-refractivity contribution in [3.8, 4) is 0 Å². The van der Waals surface area contributed by atoms with Gasteiger partial charge in [0.2, 0.25) is 0 Å². The van der Waals surface area contributed by atoms with E-state index in [1.54, 1.807) is 0 Å². The Morgan fingerprint density at radius 2 is 2.00 bits per heavy atom. The summed E-state index contributed by atoms with van der Waals surface area (Å²) in [6, 6.07) is 8.68. The van der Waals surface area contributed by atoms with Crippen LogP contribution >= 0.6 is 0 Å². The van der Waals surface area contributed by atoms with Crippen molar-refractivity contribution in [3.05, 3.63) is 42.0 Å². The van der Waals surface area contributed by atoms with Crippen LogP contribution in [0.15, 0.2) is 36.4 Å². The molecule has 1 aromatic rings. The van der Waals surface area contributed by atoms with Crippen LogP contribution in [0.25, 0.3) is 0 Å². The third-order valence-corrected chi connectivity index (χ3v) is 3.52. The number of benzene rings is 1. The molecule has 0 bridgehead atoms. The van der Waals surface area contributed by atoms with Gasteiger partial charge in [0.1, 0.15) is 0 Å². The monoisotopic (exact) mass is 200 g/mol. The van der Waals surface area contributed by atoms with Gasteiger partial charge in [-0.3, -0.25) is 0 Å². The van der Waals surface area contributed by atoms with E-state index >= 15 is 0 Å². The SMILES string of the molecule is C1=CCC2(CNC1)CNc1ccccc12. The van der Waals surface area contributed by atoms with Gasteiger partial charge >= 0.3 is 0 Å². The smallest absolute Gasteiger partial charge is 0.0380 e. The number of rotatable bonds is 0. The van der Waals surface area contributed by atoms with Gasteiger partial charge in [0.05, 0.1) is 0 Å². The molecule has 3 rings (SSSR count). The molecule has 2 N–H and O–H groups in total. The highest BCUT2D eigenvalue weighted by Crippen LogP contribution is 2.39. The zero-order chi connectivity index (χ0) is 10.1. The van der Waals surface area contributed by atoms with Crippen molar-refractivity contribution in [1.82, 2.24) is 5.32 Å². The second-order valence-electron chi connectivity index (χ2n) is 4.49. The van der Waals surface area contributed by atoms with E-state index in [-0.39, 0.29) is 5.41 Å². The Balaban J connectivity index is 2.03. The molecule has 2 aliphatic rings. The third kappa shape index (κ3) is 1.37. The average Bonchev–Trinajstić information content (AvgIpc) is 2.48. The normalized spacial score (nSPS) is 28.5. The van der Waals surface area contributed by atoms with E-state index in [0.29, 0.717) is 0 Å². The summed E-state index contributed by atoms with van der Waals surface area (Å²) >= 11 is 0. The van der Waals surface area contributed by atoms with Gasteiger partial charge < -0.3 is 10.6 Å². The van der Waals surface area contributed by atoms with Gasteiger partial charge in [-0.1, -0.05) is 30.4 Å². The Labute approximate surface area is 90.4 Å². The minimum absolute atomic E-state index is 0.281. The molecule has 1 aromatic carbocycles. The lowest BCUT2D eigenvalue weighted by Gasteiger charge is -2.27. The van der Waals surface area contributed by atoms with Crippen molar-refractivity contribution in [2.75, 3.05) is 25.0 Å². The lowest BCUT2D eigenvalue weighted by atomic mass is 9.79. The summed E-state index contributed by atoms with van der Waals surface area (Å²) in [5.41, 5.74) is 3.07. The maximum atomic E-state index is 3.51. The van der Waals surface area contributed by atoms with E-state index in [4.69, 9.17) is 0 Å². The summed E-state index contributed by atoms with van der Waals surface area (Å²) in [5.74, 6) is 0. The van der Waals surface area contributed by atoms with Crippen LogP contribution in [0.4, 0.5) is 5.69 Å². The van der Waals surface area contributed by atoms with Gasteiger partial charge in [-0.25, -0.2) is 0 Å². The zero-order valence-electron chi connectivity index (χ0n) is 8.79. The first-order valence-corrected chi connectivity index (χ1v) is 5.60. The first kappa shape index (κ1) is 8.98. The van der Waals surface area contributed by atoms with E-state index < -0.39 is 0 Å². The summed E-state index contributed by atoms with van der Waals surface area (Å²) in [4.78, 5) is 0. The van der Waals surface area contributed by atoms with Crippen molar-refractivity contribution >= 4 is 5.69 Å². The second-order valence-corrected chi connectivity index (χ2v) is 4.49. The first-order chi connectivity index (χ1) is 7.41. The van der Waals surface area contributed by atoms with Crippen LogP contribution in [-0.2, 0) is 5.41 Å². The molecule has 1 atom stereocenters. The molecule has 1 unspecified atom stereocenters. The molecule has 0 radical (unpaired) electrons. The highest BCUT2D eigenvalue weighted by molar-refractivity contribution is 5.60. The van der Waals surface area contributed by atoms with Crippen molar-refractivity contribution in [2.24, 2.45) is 0 Å². The molecule has 0 amide bonds. The molecule has 1 spiro atoms. The molecule has 2 aliphatic heterocycles. The van der Waals surface area contributed by atoms with Gasteiger partial charge in [0.15, 0.2) is 0 Å². The third-order valence-electron chi connectivity index (χ3n) is 3.52. The molecule has 2 heteroatoms. The topological polar surface area (TPSA) is 24.1 Å². The quantitative estimate of drug-likeness (QED) is 0.625. The number of anilines is 1. The Hall–Kier alpha value is -1.28.